The zero-order chi connectivity index (χ0) is 20.8. The lowest BCUT2D eigenvalue weighted by Crippen LogP contribution is -2.58. The highest BCUT2D eigenvalue weighted by Gasteiger charge is 2.59. The summed E-state index contributed by atoms with van der Waals surface area (Å²) in [5.74, 6) is 2.11. The second-order valence-corrected chi connectivity index (χ2v) is 11.2. The molecule has 1 aromatic carbocycles. The van der Waals surface area contributed by atoms with Gasteiger partial charge in [-0.15, -0.1) is 0 Å². The van der Waals surface area contributed by atoms with E-state index in [2.05, 4.69) is 26.6 Å². The van der Waals surface area contributed by atoms with E-state index in [1.54, 1.807) is 18.4 Å². The van der Waals surface area contributed by atoms with E-state index >= 15 is 0 Å². The predicted octanol–water partition coefficient (Wildman–Crippen LogP) is 4.56. The van der Waals surface area contributed by atoms with Gasteiger partial charge in [0, 0.05) is 16.4 Å². The van der Waals surface area contributed by atoms with Crippen molar-refractivity contribution in [1.29, 1.82) is 0 Å². The summed E-state index contributed by atoms with van der Waals surface area (Å²) in [4.78, 5) is 25.7. The molecule has 1 heterocycles. The molecule has 0 radical (unpaired) electrons. The van der Waals surface area contributed by atoms with Gasteiger partial charge in [0.05, 0.1) is 18.2 Å². The van der Waals surface area contributed by atoms with Crippen LogP contribution >= 0.6 is 15.9 Å². The SMILES string of the molecule is O=C(NCc1ccco1)c1cccc(CNC(=O)C23CC4CC(CC(Br)(C4)C2)C3)c1. The van der Waals surface area contributed by atoms with Crippen molar-refractivity contribution in [2.75, 3.05) is 0 Å². The first-order valence-corrected chi connectivity index (χ1v) is 11.6. The molecule has 4 aliphatic rings. The Balaban J connectivity index is 1.21. The van der Waals surface area contributed by atoms with Crippen LogP contribution in [-0.2, 0) is 17.9 Å². The lowest BCUT2D eigenvalue weighted by Gasteiger charge is -2.59. The molecular weight excluding hydrogens is 444 g/mol. The van der Waals surface area contributed by atoms with Gasteiger partial charge in [-0.1, -0.05) is 28.1 Å². The fraction of sp³-hybridized carbons (Fsp3) is 0.500. The number of carbonyl (C=O) groups is 2. The number of alkyl halides is 1. The van der Waals surface area contributed by atoms with Gasteiger partial charge in [0.1, 0.15) is 5.76 Å². The van der Waals surface area contributed by atoms with Crippen molar-refractivity contribution in [3.05, 3.63) is 59.5 Å². The van der Waals surface area contributed by atoms with Gasteiger partial charge < -0.3 is 15.1 Å². The number of hydrogen-bond donors (Lipinski definition) is 2. The zero-order valence-electron chi connectivity index (χ0n) is 17.0. The molecule has 158 valence electrons. The van der Waals surface area contributed by atoms with Gasteiger partial charge in [-0.3, -0.25) is 9.59 Å². The van der Waals surface area contributed by atoms with Crippen LogP contribution in [0.5, 0.6) is 0 Å². The molecule has 1 aromatic heterocycles. The second-order valence-electron chi connectivity index (χ2n) is 9.54. The highest BCUT2D eigenvalue weighted by atomic mass is 79.9. The van der Waals surface area contributed by atoms with Crippen LogP contribution in [0.1, 0.15) is 60.2 Å². The van der Waals surface area contributed by atoms with E-state index in [1.165, 1.54) is 19.3 Å². The minimum absolute atomic E-state index is 0.151. The van der Waals surface area contributed by atoms with Crippen molar-refractivity contribution < 1.29 is 14.0 Å². The lowest BCUT2D eigenvalue weighted by molar-refractivity contribution is -0.144. The molecule has 5 nitrogen and oxygen atoms in total. The third kappa shape index (κ3) is 3.82. The molecule has 2 N–H and O–H groups in total. The second kappa shape index (κ2) is 7.56. The van der Waals surface area contributed by atoms with Crippen molar-refractivity contribution in [3.8, 4) is 0 Å². The quantitative estimate of drug-likeness (QED) is 0.607. The molecule has 2 atom stereocenters. The number of benzene rings is 1. The molecule has 6 rings (SSSR count). The first kappa shape index (κ1) is 19.9. The average molecular weight is 471 g/mol. The van der Waals surface area contributed by atoms with Gasteiger partial charge in [0.25, 0.3) is 5.91 Å². The van der Waals surface area contributed by atoms with Crippen LogP contribution in [-0.4, -0.2) is 16.1 Å². The maximum Gasteiger partial charge on any atom is 0.251 e. The largest absolute Gasteiger partial charge is 0.467 e. The molecule has 2 unspecified atom stereocenters. The molecular formula is C24H27BrN2O3. The Morgan fingerprint density at radius 2 is 1.83 bits per heavy atom. The minimum atomic E-state index is -0.217. The van der Waals surface area contributed by atoms with E-state index in [4.69, 9.17) is 4.42 Å². The zero-order valence-corrected chi connectivity index (χ0v) is 18.5. The topological polar surface area (TPSA) is 71.3 Å². The summed E-state index contributed by atoms with van der Waals surface area (Å²) in [6.45, 7) is 0.802. The molecule has 2 amide bonds. The first-order chi connectivity index (χ1) is 14.4. The number of hydrogen-bond acceptors (Lipinski definition) is 3. The Kier molecular flexibility index (Phi) is 5.00. The lowest BCUT2D eigenvalue weighted by atomic mass is 9.49. The van der Waals surface area contributed by atoms with Crippen LogP contribution in [0, 0.1) is 17.3 Å². The summed E-state index contributed by atoms with van der Waals surface area (Å²) in [5, 5.41) is 6.05. The van der Waals surface area contributed by atoms with Crippen LogP contribution in [0.4, 0.5) is 0 Å². The summed E-state index contributed by atoms with van der Waals surface area (Å²) in [7, 11) is 0. The van der Waals surface area contributed by atoms with Gasteiger partial charge in [-0.25, -0.2) is 0 Å². The first-order valence-electron chi connectivity index (χ1n) is 10.8. The van der Waals surface area contributed by atoms with E-state index in [1.807, 2.05) is 24.3 Å². The number of halogens is 1. The molecule has 6 heteroatoms. The standard InChI is InChI=1S/C24H27BrN2O3/c25-24-11-17-7-18(12-24)10-23(9-17,15-24)22(29)27-13-16-3-1-4-19(8-16)21(28)26-14-20-5-2-6-30-20/h1-6,8,17-18H,7,9-15H2,(H,26,28)(H,27,29). The van der Waals surface area contributed by atoms with Gasteiger partial charge >= 0.3 is 0 Å². The summed E-state index contributed by atoms with van der Waals surface area (Å²) in [5.41, 5.74) is 1.31. The fourth-order valence-electron chi connectivity index (χ4n) is 6.29. The van der Waals surface area contributed by atoms with E-state index in [-0.39, 0.29) is 21.6 Å². The third-order valence-corrected chi connectivity index (χ3v) is 8.04. The van der Waals surface area contributed by atoms with Crippen LogP contribution < -0.4 is 10.6 Å². The molecule has 4 fully saturated rings. The van der Waals surface area contributed by atoms with E-state index in [0.29, 0.717) is 36.2 Å². The Bertz CT molecular complexity index is 941. The maximum absolute atomic E-state index is 13.2. The smallest absolute Gasteiger partial charge is 0.251 e. The molecule has 0 spiro atoms. The predicted molar refractivity (Wildman–Crippen MR) is 117 cm³/mol. The van der Waals surface area contributed by atoms with Gasteiger partial charge in [-0.2, -0.15) is 0 Å². The number of carbonyl (C=O) groups excluding carboxylic acids is 2. The normalized spacial score (nSPS) is 31.5. The summed E-state index contributed by atoms with van der Waals surface area (Å²) < 4.78 is 5.42. The van der Waals surface area contributed by atoms with Crippen molar-refractivity contribution in [1.82, 2.24) is 10.6 Å². The fourth-order valence-corrected chi connectivity index (χ4v) is 7.74. The third-order valence-electron chi connectivity index (χ3n) is 7.12. The van der Waals surface area contributed by atoms with Crippen molar-refractivity contribution in [2.45, 2.75) is 55.9 Å². The molecule has 4 bridgehead atoms. The van der Waals surface area contributed by atoms with Crippen LogP contribution in [0.15, 0.2) is 47.1 Å². The summed E-state index contributed by atoms with van der Waals surface area (Å²) in [6, 6.07) is 11.1. The molecule has 2 aromatic rings. The van der Waals surface area contributed by atoms with Crippen LogP contribution in [0.25, 0.3) is 0 Å². The Hall–Kier alpha value is -2.08. The number of rotatable bonds is 6. The summed E-state index contributed by atoms with van der Waals surface area (Å²) in [6.07, 6.45) is 8.31. The van der Waals surface area contributed by atoms with E-state index < -0.39 is 0 Å². The highest BCUT2D eigenvalue weighted by molar-refractivity contribution is 9.10. The van der Waals surface area contributed by atoms with Crippen molar-refractivity contribution in [2.24, 2.45) is 17.3 Å². The molecule has 30 heavy (non-hydrogen) atoms. The average Bonchev–Trinajstić information content (AvgIpc) is 3.22. The minimum Gasteiger partial charge on any atom is -0.467 e. The number of amides is 2. The Labute approximate surface area is 185 Å². The highest BCUT2D eigenvalue weighted by Crippen LogP contribution is 2.64. The Morgan fingerprint density at radius 3 is 2.53 bits per heavy atom. The van der Waals surface area contributed by atoms with E-state index in [9.17, 15) is 9.59 Å². The van der Waals surface area contributed by atoms with Gasteiger partial charge in [0.2, 0.25) is 5.91 Å². The van der Waals surface area contributed by atoms with Crippen molar-refractivity contribution >= 4 is 27.7 Å². The van der Waals surface area contributed by atoms with Crippen molar-refractivity contribution in [3.63, 3.8) is 0 Å². The van der Waals surface area contributed by atoms with Crippen LogP contribution in [0.3, 0.4) is 0 Å². The number of furan rings is 1. The monoisotopic (exact) mass is 470 g/mol. The molecule has 4 aliphatic carbocycles. The van der Waals surface area contributed by atoms with Gasteiger partial charge in [-0.05, 0) is 80.2 Å². The maximum atomic E-state index is 13.2. The molecule has 4 saturated carbocycles. The molecule has 0 saturated heterocycles. The van der Waals surface area contributed by atoms with Gasteiger partial charge in [0.15, 0.2) is 0 Å². The molecule has 0 aliphatic heterocycles. The Morgan fingerprint density at radius 1 is 1.03 bits per heavy atom. The van der Waals surface area contributed by atoms with E-state index in [0.717, 1.165) is 24.8 Å². The number of nitrogens with one attached hydrogen (secondary N) is 2. The van der Waals surface area contributed by atoms with Crippen LogP contribution in [0.2, 0.25) is 0 Å². The summed E-state index contributed by atoms with van der Waals surface area (Å²) >= 11 is 3.98.